The van der Waals surface area contributed by atoms with Crippen molar-refractivity contribution >= 4 is 32.7 Å². The summed E-state index contributed by atoms with van der Waals surface area (Å²) in [6, 6.07) is 6.54. The molecule has 0 amide bonds. The van der Waals surface area contributed by atoms with Gasteiger partial charge in [-0.3, -0.25) is 4.18 Å². The Morgan fingerprint density at radius 2 is 1.87 bits per heavy atom. The average Bonchev–Trinajstić information content (AvgIpc) is 2.55. The van der Waals surface area contributed by atoms with Crippen molar-refractivity contribution in [3.63, 3.8) is 0 Å². The molecule has 0 radical (unpaired) electrons. The van der Waals surface area contributed by atoms with Crippen LogP contribution in [0.3, 0.4) is 0 Å². The first-order chi connectivity index (χ1) is 10.9. The summed E-state index contributed by atoms with van der Waals surface area (Å²) in [6.45, 7) is 1.89. The van der Waals surface area contributed by atoms with Gasteiger partial charge in [-0.2, -0.15) is 8.42 Å². The molecule has 1 aromatic rings. The molecule has 2 rings (SSSR count). The molecule has 6 nitrogen and oxygen atoms in total. The molecule has 0 N–H and O–H groups in total. The van der Waals surface area contributed by atoms with E-state index >= 15 is 0 Å². The third-order valence-electron chi connectivity index (χ3n) is 3.75. The molecule has 1 aliphatic heterocycles. The molecular weight excluding hydrogens is 435 g/mol. The maximum atomic E-state index is 12.5. The van der Waals surface area contributed by atoms with E-state index in [1.807, 2.05) is 6.92 Å². The molecule has 1 heterocycles. The van der Waals surface area contributed by atoms with Gasteiger partial charge in [-0.1, -0.05) is 40.3 Å². The van der Waals surface area contributed by atoms with Crippen LogP contribution in [0.25, 0.3) is 0 Å². The molecule has 0 bridgehead atoms. The van der Waals surface area contributed by atoms with Crippen molar-refractivity contribution in [3.8, 4) is 0 Å². The van der Waals surface area contributed by atoms with Crippen molar-refractivity contribution in [1.29, 1.82) is 0 Å². The molecule has 0 aromatic heterocycles. The van der Waals surface area contributed by atoms with E-state index in [1.54, 1.807) is 19.2 Å². The zero-order valence-electron chi connectivity index (χ0n) is 13.3. The molecule has 1 aliphatic rings. The molecule has 1 fully saturated rings. The van der Waals surface area contributed by atoms with Crippen molar-refractivity contribution in [3.05, 3.63) is 29.8 Å². The van der Waals surface area contributed by atoms with Gasteiger partial charge in [0.05, 0.1) is 17.1 Å². The molecule has 1 saturated heterocycles. The van der Waals surface area contributed by atoms with Gasteiger partial charge in [-0.25, -0.2) is 0 Å². The molecule has 23 heavy (non-hydrogen) atoms. The Morgan fingerprint density at radius 1 is 1.22 bits per heavy atom. The Hall–Kier alpha value is -0.260. The third-order valence-corrected chi connectivity index (χ3v) is 5.94. The van der Waals surface area contributed by atoms with E-state index in [4.69, 9.17) is 18.4 Å². The van der Waals surface area contributed by atoms with Crippen LogP contribution in [0.4, 0.5) is 0 Å². The summed E-state index contributed by atoms with van der Waals surface area (Å²) in [7, 11) is -0.814. The van der Waals surface area contributed by atoms with Crippen molar-refractivity contribution in [2.45, 2.75) is 42.8 Å². The fourth-order valence-corrected chi connectivity index (χ4v) is 4.26. The van der Waals surface area contributed by atoms with Crippen LogP contribution >= 0.6 is 22.6 Å². The molecule has 8 heteroatoms. The molecule has 0 saturated carbocycles. The fourth-order valence-electron chi connectivity index (χ4n) is 2.43. The Bertz CT molecular complexity index is 589. The first kappa shape index (κ1) is 19.1. The quantitative estimate of drug-likeness (QED) is 0.372. The first-order valence-electron chi connectivity index (χ1n) is 7.18. The van der Waals surface area contributed by atoms with E-state index in [0.717, 1.165) is 5.56 Å². The van der Waals surface area contributed by atoms with Crippen molar-refractivity contribution in [2.24, 2.45) is 0 Å². The van der Waals surface area contributed by atoms with Crippen LogP contribution < -0.4 is 0 Å². The summed E-state index contributed by atoms with van der Waals surface area (Å²) in [6.07, 6.45) is -1.58. The summed E-state index contributed by atoms with van der Waals surface area (Å²) >= 11 is 2.13. The third kappa shape index (κ3) is 4.64. The SMILES string of the molecule is CO[C@@H]1C[C@H](OC)[C@H](OS(=O)(=O)c2ccc(C)cc2)[C@@H](CI)O1. The zero-order valence-corrected chi connectivity index (χ0v) is 16.2. The second-order valence-corrected chi connectivity index (χ2v) is 7.78. The van der Waals surface area contributed by atoms with E-state index in [-0.39, 0.29) is 4.90 Å². The number of hydrogen-bond acceptors (Lipinski definition) is 6. The lowest BCUT2D eigenvalue weighted by Gasteiger charge is -2.39. The van der Waals surface area contributed by atoms with Gasteiger partial charge in [0.1, 0.15) is 6.10 Å². The van der Waals surface area contributed by atoms with Crippen LogP contribution in [0.5, 0.6) is 0 Å². The zero-order chi connectivity index (χ0) is 17.0. The van der Waals surface area contributed by atoms with E-state index in [2.05, 4.69) is 22.6 Å². The molecular formula is C15H21IO6S. The van der Waals surface area contributed by atoms with Crippen LogP contribution in [-0.4, -0.2) is 51.7 Å². The summed E-state index contributed by atoms with van der Waals surface area (Å²) in [5.74, 6) is 0. The van der Waals surface area contributed by atoms with Gasteiger partial charge in [0.2, 0.25) is 0 Å². The predicted molar refractivity (Wildman–Crippen MR) is 93.2 cm³/mol. The minimum Gasteiger partial charge on any atom is -0.378 e. The standard InChI is InChI=1S/C15H21IO6S/c1-10-4-6-11(7-5-10)23(17,18)22-15-12(19-2)8-14(20-3)21-13(15)9-16/h4-7,12-15H,8-9H2,1-3H3/t12-,13+,14-,15-/m0/s1. The molecule has 0 unspecified atom stereocenters. The number of methoxy groups -OCH3 is 2. The van der Waals surface area contributed by atoms with Gasteiger partial charge in [0, 0.05) is 25.1 Å². The summed E-state index contributed by atoms with van der Waals surface area (Å²) in [4.78, 5) is 0.124. The number of halogens is 1. The maximum Gasteiger partial charge on any atom is 0.297 e. The number of rotatable bonds is 6. The summed E-state index contributed by atoms with van der Waals surface area (Å²) in [5.41, 5.74) is 0.979. The monoisotopic (exact) mass is 456 g/mol. The maximum absolute atomic E-state index is 12.5. The smallest absolute Gasteiger partial charge is 0.297 e. The van der Waals surface area contributed by atoms with Crippen LogP contribution in [0, 0.1) is 6.92 Å². The number of hydrogen-bond donors (Lipinski definition) is 0. The highest BCUT2D eigenvalue weighted by Gasteiger charge is 2.42. The highest BCUT2D eigenvalue weighted by atomic mass is 127. The molecule has 0 aliphatic carbocycles. The van der Waals surface area contributed by atoms with Crippen LogP contribution in [0.15, 0.2) is 29.2 Å². The Balaban J connectivity index is 2.22. The van der Waals surface area contributed by atoms with Gasteiger partial charge in [0.25, 0.3) is 10.1 Å². The number of benzene rings is 1. The van der Waals surface area contributed by atoms with Gasteiger partial charge < -0.3 is 14.2 Å². The molecule has 0 spiro atoms. The largest absolute Gasteiger partial charge is 0.378 e. The highest BCUT2D eigenvalue weighted by Crippen LogP contribution is 2.29. The van der Waals surface area contributed by atoms with E-state index in [0.29, 0.717) is 10.8 Å². The van der Waals surface area contributed by atoms with Gasteiger partial charge in [-0.05, 0) is 19.1 Å². The lowest BCUT2D eigenvalue weighted by molar-refractivity contribution is -0.233. The van der Waals surface area contributed by atoms with Gasteiger partial charge in [-0.15, -0.1) is 0 Å². The second-order valence-electron chi connectivity index (χ2n) is 5.33. The lowest BCUT2D eigenvalue weighted by Crippen LogP contribution is -2.52. The highest BCUT2D eigenvalue weighted by molar-refractivity contribution is 14.1. The summed E-state index contributed by atoms with van der Waals surface area (Å²) < 4.78 is 47.4. The van der Waals surface area contributed by atoms with Gasteiger partial charge in [0.15, 0.2) is 6.29 Å². The van der Waals surface area contributed by atoms with Gasteiger partial charge >= 0.3 is 0 Å². The topological polar surface area (TPSA) is 71.1 Å². The molecule has 1 aromatic carbocycles. The predicted octanol–water partition coefficient (Wildman–Crippen LogP) is 2.28. The molecule has 130 valence electrons. The van der Waals surface area contributed by atoms with E-state index in [1.165, 1.54) is 19.2 Å². The Kier molecular flexibility index (Phi) is 6.81. The number of ether oxygens (including phenoxy) is 3. The minimum absolute atomic E-state index is 0.124. The summed E-state index contributed by atoms with van der Waals surface area (Å²) in [5, 5.41) is 0. The van der Waals surface area contributed by atoms with Crippen LogP contribution in [0.1, 0.15) is 12.0 Å². The van der Waals surface area contributed by atoms with Crippen molar-refractivity contribution in [2.75, 3.05) is 18.6 Å². The van der Waals surface area contributed by atoms with Crippen LogP contribution in [-0.2, 0) is 28.5 Å². The van der Waals surface area contributed by atoms with Crippen molar-refractivity contribution in [1.82, 2.24) is 0 Å². The Labute approximate surface area is 150 Å². The Morgan fingerprint density at radius 3 is 2.39 bits per heavy atom. The average molecular weight is 456 g/mol. The first-order valence-corrected chi connectivity index (χ1v) is 10.1. The second kappa shape index (κ2) is 8.21. The fraction of sp³-hybridized carbons (Fsp3) is 0.600. The van der Waals surface area contributed by atoms with Crippen molar-refractivity contribution < 1.29 is 26.8 Å². The lowest BCUT2D eigenvalue weighted by atomic mass is 10.0. The number of alkyl halides is 1. The molecule has 4 atom stereocenters. The van der Waals surface area contributed by atoms with Crippen LogP contribution in [0.2, 0.25) is 0 Å². The van der Waals surface area contributed by atoms with E-state index < -0.39 is 34.7 Å². The normalized spacial score (nSPS) is 28.7. The number of aryl methyl sites for hydroxylation is 1. The van der Waals surface area contributed by atoms with E-state index in [9.17, 15) is 8.42 Å². The minimum atomic E-state index is -3.89.